The number of methoxy groups -OCH3 is 1. The van der Waals surface area contributed by atoms with Crippen LogP contribution in [0.25, 0.3) is 0 Å². The number of halogens is 3. The molecule has 3 aromatic rings. The second-order valence-electron chi connectivity index (χ2n) is 7.09. The number of hydrogen-bond acceptors (Lipinski definition) is 6. The summed E-state index contributed by atoms with van der Waals surface area (Å²) in [7, 11) is 1.51. The molecular formula is C22H22Cl3N5O3S. The van der Waals surface area contributed by atoms with Gasteiger partial charge in [-0.2, -0.15) is 0 Å². The van der Waals surface area contributed by atoms with Gasteiger partial charge in [0.05, 0.1) is 35.2 Å². The van der Waals surface area contributed by atoms with Gasteiger partial charge in [0, 0.05) is 16.6 Å². The normalized spacial score (nSPS) is 11.7. The number of nitrogens with zero attached hydrogens (tertiary/aromatic N) is 3. The van der Waals surface area contributed by atoms with Crippen LogP contribution in [0.2, 0.25) is 15.1 Å². The summed E-state index contributed by atoms with van der Waals surface area (Å²) in [6.07, 6.45) is 0. The minimum Gasteiger partial charge on any atom is -0.495 e. The van der Waals surface area contributed by atoms with Crippen LogP contribution in [0.1, 0.15) is 36.1 Å². The van der Waals surface area contributed by atoms with Crippen molar-refractivity contribution in [3.8, 4) is 5.75 Å². The molecule has 0 bridgehead atoms. The summed E-state index contributed by atoms with van der Waals surface area (Å²) in [4.78, 5) is 25.2. The number of aromatic nitrogens is 3. The predicted molar refractivity (Wildman–Crippen MR) is 135 cm³/mol. The standard InChI is InChI=1S/C22H22Cl3N5O3S/c1-4-30-20(12(2)26-21(32)15-7-5-13(23)9-16(15)25)28-29-22(30)34-11-19(31)27-17-10-14(24)6-8-18(17)33-3/h5-10,12H,4,11H2,1-3H3,(H,26,32)(H,27,31)/t12-/m0/s1. The molecule has 12 heteroatoms. The highest BCUT2D eigenvalue weighted by Crippen LogP contribution is 2.28. The average Bonchev–Trinajstić information content (AvgIpc) is 3.21. The lowest BCUT2D eigenvalue weighted by molar-refractivity contribution is -0.113. The molecule has 1 aromatic heterocycles. The van der Waals surface area contributed by atoms with Crippen molar-refractivity contribution in [2.75, 3.05) is 18.2 Å². The van der Waals surface area contributed by atoms with E-state index in [2.05, 4.69) is 20.8 Å². The van der Waals surface area contributed by atoms with Crippen LogP contribution in [-0.4, -0.2) is 39.4 Å². The molecule has 0 fully saturated rings. The van der Waals surface area contributed by atoms with E-state index in [1.807, 2.05) is 11.5 Å². The monoisotopic (exact) mass is 541 g/mol. The lowest BCUT2D eigenvalue weighted by atomic mass is 10.2. The van der Waals surface area contributed by atoms with Crippen molar-refractivity contribution < 1.29 is 14.3 Å². The molecule has 0 aliphatic carbocycles. The van der Waals surface area contributed by atoms with E-state index in [0.717, 1.165) is 0 Å². The summed E-state index contributed by atoms with van der Waals surface area (Å²) in [5.41, 5.74) is 0.790. The van der Waals surface area contributed by atoms with E-state index in [0.29, 0.717) is 44.6 Å². The van der Waals surface area contributed by atoms with Crippen LogP contribution in [0, 0.1) is 0 Å². The highest BCUT2D eigenvalue weighted by atomic mass is 35.5. The molecular weight excluding hydrogens is 521 g/mol. The highest BCUT2D eigenvalue weighted by Gasteiger charge is 2.21. The predicted octanol–water partition coefficient (Wildman–Crippen LogP) is 5.49. The zero-order valence-electron chi connectivity index (χ0n) is 18.6. The summed E-state index contributed by atoms with van der Waals surface area (Å²) in [5, 5.41) is 15.8. The molecule has 0 saturated heterocycles. The first kappa shape index (κ1) is 26.2. The van der Waals surface area contributed by atoms with Crippen LogP contribution in [0.4, 0.5) is 5.69 Å². The Hall–Kier alpha value is -2.46. The second-order valence-corrected chi connectivity index (χ2v) is 9.31. The number of benzene rings is 2. The molecule has 0 aliphatic heterocycles. The largest absolute Gasteiger partial charge is 0.495 e. The fourth-order valence-electron chi connectivity index (χ4n) is 3.13. The van der Waals surface area contributed by atoms with E-state index in [1.165, 1.54) is 24.9 Å². The van der Waals surface area contributed by atoms with Crippen LogP contribution in [0.5, 0.6) is 5.75 Å². The zero-order chi connectivity index (χ0) is 24.8. The van der Waals surface area contributed by atoms with Gasteiger partial charge < -0.3 is 19.9 Å². The highest BCUT2D eigenvalue weighted by molar-refractivity contribution is 7.99. The Bertz CT molecular complexity index is 1200. The molecule has 2 N–H and O–H groups in total. The van der Waals surface area contributed by atoms with Gasteiger partial charge in [0.15, 0.2) is 11.0 Å². The molecule has 2 aromatic carbocycles. The Morgan fingerprint density at radius 1 is 1.12 bits per heavy atom. The Kier molecular flexibility index (Phi) is 9.07. The summed E-state index contributed by atoms with van der Waals surface area (Å²) in [5.74, 6) is 0.544. The lowest BCUT2D eigenvalue weighted by Crippen LogP contribution is -2.29. The van der Waals surface area contributed by atoms with Gasteiger partial charge in [-0.3, -0.25) is 9.59 Å². The summed E-state index contributed by atoms with van der Waals surface area (Å²) in [6.45, 7) is 4.28. The first-order valence-electron chi connectivity index (χ1n) is 10.2. The smallest absolute Gasteiger partial charge is 0.253 e. The van der Waals surface area contributed by atoms with Gasteiger partial charge in [-0.15, -0.1) is 10.2 Å². The molecule has 1 heterocycles. The Balaban J connectivity index is 1.66. The number of hydrogen-bond donors (Lipinski definition) is 2. The Morgan fingerprint density at radius 2 is 1.82 bits per heavy atom. The third-order valence-corrected chi connectivity index (χ3v) is 6.49. The molecule has 0 radical (unpaired) electrons. The second kappa shape index (κ2) is 11.8. The van der Waals surface area contributed by atoms with Crippen molar-refractivity contribution in [1.29, 1.82) is 0 Å². The van der Waals surface area contributed by atoms with E-state index in [-0.39, 0.29) is 22.6 Å². The molecule has 2 amide bonds. The number of nitrogens with one attached hydrogen (secondary N) is 2. The Labute approximate surface area is 216 Å². The van der Waals surface area contributed by atoms with Crippen LogP contribution in [-0.2, 0) is 11.3 Å². The molecule has 180 valence electrons. The molecule has 0 saturated carbocycles. The van der Waals surface area contributed by atoms with E-state index in [1.54, 1.807) is 37.3 Å². The van der Waals surface area contributed by atoms with Gasteiger partial charge in [0.1, 0.15) is 5.75 Å². The molecule has 0 aliphatic rings. The lowest BCUT2D eigenvalue weighted by Gasteiger charge is -2.15. The fraction of sp³-hybridized carbons (Fsp3) is 0.273. The van der Waals surface area contributed by atoms with Crippen molar-refractivity contribution in [2.24, 2.45) is 0 Å². The topological polar surface area (TPSA) is 98.1 Å². The molecule has 3 rings (SSSR count). The number of carbonyl (C=O) groups is 2. The number of thioether (sulfide) groups is 1. The van der Waals surface area contributed by atoms with Crippen molar-refractivity contribution in [2.45, 2.75) is 31.6 Å². The van der Waals surface area contributed by atoms with Crippen LogP contribution < -0.4 is 15.4 Å². The van der Waals surface area contributed by atoms with Crippen molar-refractivity contribution in [3.05, 3.63) is 62.9 Å². The van der Waals surface area contributed by atoms with Gasteiger partial charge in [-0.1, -0.05) is 46.6 Å². The van der Waals surface area contributed by atoms with Gasteiger partial charge >= 0.3 is 0 Å². The molecule has 34 heavy (non-hydrogen) atoms. The molecule has 0 spiro atoms. The van der Waals surface area contributed by atoms with Gasteiger partial charge in [0.2, 0.25) is 5.91 Å². The van der Waals surface area contributed by atoms with Crippen LogP contribution in [0.3, 0.4) is 0 Å². The molecule has 0 unspecified atom stereocenters. The van der Waals surface area contributed by atoms with Crippen molar-refractivity contribution >= 4 is 64.1 Å². The summed E-state index contributed by atoms with van der Waals surface area (Å²) >= 11 is 19.3. The number of rotatable bonds is 9. The maximum Gasteiger partial charge on any atom is 0.253 e. The number of anilines is 1. The van der Waals surface area contributed by atoms with Gasteiger partial charge in [0.25, 0.3) is 5.91 Å². The Morgan fingerprint density at radius 3 is 2.50 bits per heavy atom. The molecule has 8 nitrogen and oxygen atoms in total. The maximum absolute atomic E-state index is 12.7. The fourth-order valence-corrected chi connectivity index (χ4v) is 4.61. The van der Waals surface area contributed by atoms with Crippen molar-refractivity contribution in [1.82, 2.24) is 20.1 Å². The number of carbonyl (C=O) groups excluding carboxylic acids is 2. The minimum atomic E-state index is -0.453. The van der Waals surface area contributed by atoms with Crippen LogP contribution >= 0.6 is 46.6 Å². The number of amides is 2. The summed E-state index contributed by atoms with van der Waals surface area (Å²) in [6, 6.07) is 9.19. The number of ether oxygens (including phenoxy) is 1. The SMILES string of the molecule is CCn1c(SCC(=O)Nc2cc(Cl)ccc2OC)nnc1[C@H](C)NC(=O)c1ccc(Cl)cc1Cl. The summed E-state index contributed by atoms with van der Waals surface area (Å²) < 4.78 is 7.09. The van der Waals surface area contributed by atoms with Crippen LogP contribution in [0.15, 0.2) is 41.6 Å². The average molecular weight is 543 g/mol. The quantitative estimate of drug-likeness (QED) is 0.347. The van der Waals surface area contributed by atoms with E-state index >= 15 is 0 Å². The maximum atomic E-state index is 12.7. The molecule has 1 atom stereocenters. The van der Waals surface area contributed by atoms with E-state index in [9.17, 15) is 9.59 Å². The van der Waals surface area contributed by atoms with Gasteiger partial charge in [-0.05, 0) is 50.2 Å². The van der Waals surface area contributed by atoms with Gasteiger partial charge in [-0.25, -0.2) is 0 Å². The minimum absolute atomic E-state index is 0.0922. The van der Waals surface area contributed by atoms with Crippen molar-refractivity contribution in [3.63, 3.8) is 0 Å². The zero-order valence-corrected chi connectivity index (χ0v) is 21.6. The van der Waals surface area contributed by atoms with E-state index in [4.69, 9.17) is 39.5 Å². The third kappa shape index (κ3) is 6.35. The third-order valence-electron chi connectivity index (χ3n) is 4.74. The first-order valence-corrected chi connectivity index (χ1v) is 12.3. The van der Waals surface area contributed by atoms with E-state index < -0.39 is 6.04 Å². The first-order chi connectivity index (χ1) is 16.2.